The van der Waals surface area contributed by atoms with Gasteiger partial charge in [0.05, 0.1) is 7.11 Å². The predicted molar refractivity (Wildman–Crippen MR) is 103 cm³/mol. The van der Waals surface area contributed by atoms with Gasteiger partial charge in [-0.15, -0.1) is 0 Å². The summed E-state index contributed by atoms with van der Waals surface area (Å²) in [6, 6.07) is 9.72. The van der Waals surface area contributed by atoms with Gasteiger partial charge in [-0.2, -0.15) is 0 Å². The fourth-order valence-electron chi connectivity index (χ4n) is 2.40. The van der Waals surface area contributed by atoms with Crippen LogP contribution in [0.5, 0.6) is 0 Å². The molecule has 2 N–H and O–H groups in total. The second-order valence-electron chi connectivity index (χ2n) is 7.53. The van der Waals surface area contributed by atoms with Gasteiger partial charge in [0.25, 0.3) is 0 Å². The average molecular weight is 394 g/mol. The van der Waals surface area contributed by atoms with Crippen molar-refractivity contribution in [2.24, 2.45) is 0 Å². The lowest BCUT2D eigenvalue weighted by atomic mass is 10.1. The minimum absolute atomic E-state index is 0.160. The monoisotopic (exact) mass is 394 g/mol. The normalized spacial score (nSPS) is 13.2. The highest BCUT2D eigenvalue weighted by atomic mass is 16.6. The van der Waals surface area contributed by atoms with E-state index in [0.717, 1.165) is 12.7 Å². The van der Waals surface area contributed by atoms with Crippen LogP contribution < -0.4 is 5.32 Å². The molecule has 28 heavy (non-hydrogen) atoms. The molecular formula is C20H30N2O6. The van der Waals surface area contributed by atoms with E-state index in [0.29, 0.717) is 13.0 Å². The lowest BCUT2D eigenvalue weighted by molar-refractivity contribution is -0.167. The van der Waals surface area contributed by atoms with Crippen molar-refractivity contribution >= 4 is 18.0 Å². The molecular weight excluding hydrogens is 364 g/mol. The molecule has 8 nitrogen and oxygen atoms in total. The van der Waals surface area contributed by atoms with Crippen molar-refractivity contribution in [3.8, 4) is 0 Å². The Morgan fingerprint density at radius 2 is 1.75 bits per heavy atom. The Labute approximate surface area is 165 Å². The molecule has 2 amide bonds. The average Bonchev–Trinajstić information content (AvgIpc) is 2.62. The highest BCUT2D eigenvalue weighted by Crippen LogP contribution is 2.15. The van der Waals surface area contributed by atoms with Crippen molar-refractivity contribution in [3.63, 3.8) is 0 Å². The highest BCUT2D eigenvalue weighted by Gasteiger charge is 2.40. The second-order valence-corrected chi connectivity index (χ2v) is 7.53. The Balaban J connectivity index is 2.64. The van der Waals surface area contributed by atoms with Crippen LogP contribution in [0.2, 0.25) is 0 Å². The first kappa shape index (κ1) is 23.4. The Hall–Kier alpha value is -2.61. The lowest BCUT2D eigenvalue weighted by Gasteiger charge is -2.28. The van der Waals surface area contributed by atoms with Crippen LogP contribution in [-0.2, 0) is 25.5 Å². The first-order chi connectivity index (χ1) is 13.0. The van der Waals surface area contributed by atoms with Crippen molar-refractivity contribution in [2.75, 3.05) is 20.7 Å². The van der Waals surface area contributed by atoms with Crippen LogP contribution in [-0.4, -0.2) is 60.0 Å². The van der Waals surface area contributed by atoms with E-state index < -0.39 is 23.4 Å². The van der Waals surface area contributed by atoms with E-state index in [-0.39, 0.29) is 18.7 Å². The molecule has 1 atom stereocenters. The standard InChI is InChI=1S/C20H30N2O6/c1-19(2,3)28-18(25)21-20(26,17(24)27-5)13-11-16(23)22(4)14-12-15-9-7-6-8-10-15/h6-10,26H,11-14H2,1-5H3,(H,21,25). The summed E-state index contributed by atoms with van der Waals surface area (Å²) in [5, 5.41) is 12.6. The number of likely N-dealkylation sites (N-methyl/N-ethyl adjacent to an activating group) is 1. The molecule has 0 bridgehead atoms. The summed E-state index contributed by atoms with van der Waals surface area (Å²) >= 11 is 0. The third-order valence-corrected chi connectivity index (χ3v) is 3.94. The summed E-state index contributed by atoms with van der Waals surface area (Å²) < 4.78 is 9.62. The molecule has 0 aliphatic heterocycles. The van der Waals surface area contributed by atoms with Crippen LogP contribution in [0.3, 0.4) is 0 Å². The molecule has 0 aliphatic rings. The van der Waals surface area contributed by atoms with Gasteiger partial charge in [0.2, 0.25) is 11.6 Å². The maximum atomic E-state index is 12.4. The van der Waals surface area contributed by atoms with Crippen LogP contribution in [0.25, 0.3) is 0 Å². The fourth-order valence-corrected chi connectivity index (χ4v) is 2.40. The first-order valence-corrected chi connectivity index (χ1v) is 9.06. The molecule has 0 saturated carbocycles. The summed E-state index contributed by atoms with van der Waals surface area (Å²) in [5.41, 5.74) is -2.07. The number of aliphatic hydroxyl groups is 1. The maximum Gasteiger partial charge on any atom is 0.410 e. The lowest BCUT2D eigenvalue weighted by Crippen LogP contribution is -2.56. The van der Waals surface area contributed by atoms with E-state index in [9.17, 15) is 19.5 Å². The molecule has 0 saturated heterocycles. The summed E-state index contributed by atoms with van der Waals surface area (Å²) in [4.78, 5) is 37.8. The van der Waals surface area contributed by atoms with Gasteiger partial charge in [-0.25, -0.2) is 9.59 Å². The Morgan fingerprint density at radius 3 is 2.29 bits per heavy atom. The summed E-state index contributed by atoms with van der Waals surface area (Å²) in [7, 11) is 2.72. The third-order valence-electron chi connectivity index (χ3n) is 3.94. The van der Waals surface area contributed by atoms with Crippen LogP contribution in [0.15, 0.2) is 30.3 Å². The predicted octanol–water partition coefficient (Wildman–Crippen LogP) is 1.85. The number of carbonyl (C=O) groups excluding carboxylic acids is 3. The molecule has 0 aromatic heterocycles. The van der Waals surface area contributed by atoms with Crippen LogP contribution in [0, 0.1) is 0 Å². The summed E-state index contributed by atoms with van der Waals surface area (Å²) in [6.07, 6.45) is -0.800. The Bertz CT molecular complexity index is 671. The van der Waals surface area contributed by atoms with Crippen LogP contribution in [0.4, 0.5) is 4.79 Å². The Kier molecular flexibility index (Phi) is 8.43. The number of ether oxygens (including phenoxy) is 2. The minimum atomic E-state index is -2.35. The minimum Gasteiger partial charge on any atom is -0.465 e. The molecule has 156 valence electrons. The highest BCUT2D eigenvalue weighted by molar-refractivity contribution is 5.85. The molecule has 0 spiro atoms. The van der Waals surface area contributed by atoms with Gasteiger partial charge in [0, 0.05) is 26.4 Å². The molecule has 1 unspecified atom stereocenters. The second kappa shape index (κ2) is 10.1. The molecule has 0 fully saturated rings. The van der Waals surface area contributed by atoms with Gasteiger partial charge in [-0.05, 0) is 32.8 Å². The zero-order valence-corrected chi connectivity index (χ0v) is 17.2. The molecule has 1 aromatic carbocycles. The number of rotatable bonds is 8. The molecule has 0 radical (unpaired) electrons. The quantitative estimate of drug-likeness (QED) is 0.515. The first-order valence-electron chi connectivity index (χ1n) is 9.06. The number of alkyl carbamates (subject to hydrolysis) is 1. The number of nitrogens with one attached hydrogen (secondary N) is 1. The van der Waals surface area contributed by atoms with Crippen molar-refractivity contribution in [3.05, 3.63) is 35.9 Å². The number of hydrogen-bond donors (Lipinski definition) is 2. The smallest absolute Gasteiger partial charge is 0.410 e. The van der Waals surface area contributed by atoms with Gasteiger partial charge in [0.1, 0.15) is 5.60 Å². The van der Waals surface area contributed by atoms with Gasteiger partial charge in [-0.3, -0.25) is 10.1 Å². The van der Waals surface area contributed by atoms with Gasteiger partial charge in [-0.1, -0.05) is 30.3 Å². The van der Waals surface area contributed by atoms with Gasteiger partial charge >= 0.3 is 12.1 Å². The number of carbonyl (C=O) groups is 3. The Morgan fingerprint density at radius 1 is 1.14 bits per heavy atom. The topological polar surface area (TPSA) is 105 Å². The third kappa shape index (κ3) is 7.96. The number of esters is 1. The zero-order valence-electron chi connectivity index (χ0n) is 17.2. The van der Waals surface area contributed by atoms with E-state index in [1.54, 1.807) is 27.8 Å². The van der Waals surface area contributed by atoms with E-state index in [1.165, 1.54) is 4.90 Å². The van der Waals surface area contributed by atoms with E-state index in [2.05, 4.69) is 10.1 Å². The number of methoxy groups -OCH3 is 1. The number of amides is 2. The number of benzene rings is 1. The zero-order chi connectivity index (χ0) is 21.4. The maximum absolute atomic E-state index is 12.4. The molecule has 1 aromatic rings. The van der Waals surface area contributed by atoms with Crippen molar-refractivity contribution in [2.45, 2.75) is 51.4 Å². The fraction of sp³-hybridized carbons (Fsp3) is 0.550. The number of nitrogens with zero attached hydrogens (tertiary/aromatic N) is 1. The van der Waals surface area contributed by atoms with Gasteiger partial charge in [0.15, 0.2) is 0 Å². The SMILES string of the molecule is COC(=O)C(O)(CCC(=O)N(C)CCc1ccccc1)NC(=O)OC(C)(C)C. The molecule has 0 aliphatic carbocycles. The summed E-state index contributed by atoms with van der Waals surface area (Å²) in [5.74, 6) is -1.35. The van der Waals surface area contributed by atoms with Gasteiger partial charge < -0.3 is 19.5 Å². The number of hydrogen-bond acceptors (Lipinski definition) is 6. The van der Waals surface area contributed by atoms with Crippen molar-refractivity contribution < 1.29 is 29.0 Å². The van der Waals surface area contributed by atoms with E-state index >= 15 is 0 Å². The molecule has 0 heterocycles. The van der Waals surface area contributed by atoms with Crippen LogP contribution >= 0.6 is 0 Å². The van der Waals surface area contributed by atoms with Crippen molar-refractivity contribution in [1.82, 2.24) is 10.2 Å². The van der Waals surface area contributed by atoms with Crippen LogP contribution in [0.1, 0.15) is 39.2 Å². The van der Waals surface area contributed by atoms with E-state index in [4.69, 9.17) is 4.74 Å². The summed E-state index contributed by atoms with van der Waals surface area (Å²) in [6.45, 7) is 5.43. The van der Waals surface area contributed by atoms with Crippen molar-refractivity contribution in [1.29, 1.82) is 0 Å². The van der Waals surface area contributed by atoms with E-state index in [1.807, 2.05) is 30.3 Å². The largest absolute Gasteiger partial charge is 0.465 e. The molecule has 8 heteroatoms. The molecule has 1 rings (SSSR count).